The maximum Gasteiger partial charge on any atom is 0.329 e. The Hall–Kier alpha value is -2.38. The van der Waals surface area contributed by atoms with Gasteiger partial charge in [-0.25, -0.2) is 4.79 Å². The Bertz CT molecular complexity index is 728. The summed E-state index contributed by atoms with van der Waals surface area (Å²) in [5.41, 5.74) is 3.94. The number of anilines is 1. The molecule has 0 amide bonds. The molecule has 1 saturated carbocycles. The minimum atomic E-state index is -0.860. The van der Waals surface area contributed by atoms with Gasteiger partial charge in [0, 0.05) is 13.0 Å². The van der Waals surface area contributed by atoms with E-state index in [0.29, 0.717) is 12.3 Å². The number of nitrogen functional groups attached to an aromatic ring is 1. The van der Waals surface area contributed by atoms with Crippen molar-refractivity contribution in [2.45, 2.75) is 52.0 Å². The van der Waals surface area contributed by atoms with E-state index in [4.69, 9.17) is 10.5 Å². The number of H-pyrrole nitrogens is 1. The number of hydrogen-bond acceptors (Lipinski definition) is 6. The highest BCUT2D eigenvalue weighted by Gasteiger charge is 2.22. The second-order valence-electron chi connectivity index (χ2n) is 6.11. The molecule has 0 radical (unpaired) electrons. The molecule has 0 unspecified atom stereocenters. The van der Waals surface area contributed by atoms with Gasteiger partial charge in [-0.3, -0.25) is 23.9 Å². The fraction of sp³-hybridized carbons (Fsp3) is 0.625. The largest absolute Gasteiger partial charge is 0.457 e. The van der Waals surface area contributed by atoms with Crippen molar-refractivity contribution >= 4 is 17.6 Å². The third kappa shape index (κ3) is 4.12. The lowest BCUT2D eigenvalue weighted by molar-refractivity contribution is -0.143. The number of hydrogen-bond donors (Lipinski definition) is 2. The molecule has 8 nitrogen and oxygen atoms in total. The van der Waals surface area contributed by atoms with E-state index >= 15 is 0 Å². The van der Waals surface area contributed by atoms with E-state index in [1.54, 1.807) is 0 Å². The first kappa shape index (κ1) is 18.0. The topological polar surface area (TPSA) is 124 Å². The lowest BCUT2D eigenvalue weighted by Gasteiger charge is -2.12. The van der Waals surface area contributed by atoms with Gasteiger partial charge in [-0.15, -0.1) is 0 Å². The number of ketones is 1. The normalized spacial score (nSPS) is 14.7. The third-order valence-electron chi connectivity index (χ3n) is 4.26. The molecule has 0 aromatic carbocycles. The summed E-state index contributed by atoms with van der Waals surface area (Å²) in [6.07, 6.45) is 5.12. The van der Waals surface area contributed by atoms with Crippen LogP contribution < -0.4 is 17.0 Å². The zero-order valence-electron chi connectivity index (χ0n) is 13.8. The highest BCUT2D eigenvalue weighted by atomic mass is 16.5. The fourth-order valence-corrected chi connectivity index (χ4v) is 3.03. The van der Waals surface area contributed by atoms with Crippen LogP contribution in [0.25, 0.3) is 0 Å². The Morgan fingerprint density at radius 3 is 2.58 bits per heavy atom. The van der Waals surface area contributed by atoms with Crippen molar-refractivity contribution in [3.8, 4) is 0 Å². The number of carbonyl (C=O) groups is 2. The molecule has 1 aliphatic carbocycles. The van der Waals surface area contributed by atoms with Crippen molar-refractivity contribution in [2.24, 2.45) is 5.92 Å². The Morgan fingerprint density at radius 1 is 1.29 bits per heavy atom. The highest BCUT2D eigenvalue weighted by Crippen LogP contribution is 2.27. The van der Waals surface area contributed by atoms with Gasteiger partial charge >= 0.3 is 11.7 Å². The molecular formula is C16H23N3O5. The van der Waals surface area contributed by atoms with Gasteiger partial charge < -0.3 is 10.5 Å². The van der Waals surface area contributed by atoms with E-state index in [2.05, 4.69) is 4.98 Å². The van der Waals surface area contributed by atoms with Crippen molar-refractivity contribution in [3.63, 3.8) is 0 Å². The molecule has 1 aromatic rings. The van der Waals surface area contributed by atoms with Crippen molar-refractivity contribution in [2.75, 3.05) is 12.3 Å². The van der Waals surface area contributed by atoms with E-state index in [9.17, 15) is 19.2 Å². The summed E-state index contributed by atoms with van der Waals surface area (Å²) in [4.78, 5) is 49.6. The van der Waals surface area contributed by atoms with Crippen molar-refractivity contribution in [1.29, 1.82) is 0 Å². The summed E-state index contributed by atoms with van der Waals surface area (Å²) < 4.78 is 6.11. The SMILES string of the molecule is CCCn1c(N)c(C(=O)COC(=O)CC2CCCC2)c(=O)[nH]c1=O. The Balaban J connectivity index is 2.06. The van der Waals surface area contributed by atoms with Crippen LogP contribution in [0.5, 0.6) is 0 Å². The van der Waals surface area contributed by atoms with Crippen molar-refractivity contribution in [1.82, 2.24) is 9.55 Å². The number of ether oxygens (including phenoxy) is 1. The number of esters is 1. The molecule has 0 bridgehead atoms. The average Bonchev–Trinajstić information content (AvgIpc) is 3.02. The van der Waals surface area contributed by atoms with Gasteiger partial charge in [0.1, 0.15) is 11.4 Å². The minimum Gasteiger partial charge on any atom is -0.457 e. The molecule has 2 rings (SSSR count). The van der Waals surface area contributed by atoms with Crippen LogP contribution in [0.3, 0.4) is 0 Å². The zero-order valence-corrected chi connectivity index (χ0v) is 13.8. The number of nitrogens with one attached hydrogen (secondary N) is 1. The van der Waals surface area contributed by atoms with Gasteiger partial charge in [-0.1, -0.05) is 19.8 Å². The smallest absolute Gasteiger partial charge is 0.329 e. The molecule has 132 valence electrons. The number of Topliss-reactive ketones (excluding diaryl/α,β-unsaturated/α-hetero) is 1. The molecule has 0 aliphatic heterocycles. The number of aromatic amines is 1. The maximum atomic E-state index is 12.2. The molecule has 1 aliphatic rings. The summed E-state index contributed by atoms with van der Waals surface area (Å²) >= 11 is 0. The van der Waals surface area contributed by atoms with Gasteiger partial charge in [0.05, 0.1) is 0 Å². The minimum absolute atomic E-state index is 0.192. The summed E-state index contributed by atoms with van der Waals surface area (Å²) in [7, 11) is 0. The molecule has 3 N–H and O–H groups in total. The molecule has 0 spiro atoms. The Kier molecular flexibility index (Phi) is 5.94. The molecule has 1 aromatic heterocycles. The zero-order chi connectivity index (χ0) is 17.7. The van der Waals surface area contributed by atoms with Crippen LogP contribution in [0.4, 0.5) is 5.82 Å². The van der Waals surface area contributed by atoms with Gasteiger partial charge in [-0.05, 0) is 25.2 Å². The number of nitrogens with two attached hydrogens (primary N) is 1. The molecule has 0 atom stereocenters. The lowest BCUT2D eigenvalue weighted by Crippen LogP contribution is -2.37. The number of carbonyl (C=O) groups excluding carboxylic acids is 2. The summed E-state index contributed by atoms with van der Waals surface area (Å²) in [5, 5.41) is 0. The van der Waals surface area contributed by atoms with Gasteiger partial charge in [-0.2, -0.15) is 0 Å². The summed E-state index contributed by atoms with van der Waals surface area (Å²) in [6, 6.07) is 0. The molecule has 0 saturated heterocycles. The van der Waals surface area contributed by atoms with Crippen LogP contribution in [0.1, 0.15) is 55.8 Å². The van der Waals surface area contributed by atoms with Crippen LogP contribution in [-0.4, -0.2) is 27.9 Å². The van der Waals surface area contributed by atoms with Gasteiger partial charge in [0.25, 0.3) is 5.56 Å². The summed E-state index contributed by atoms with van der Waals surface area (Å²) in [6.45, 7) is 1.57. The van der Waals surface area contributed by atoms with Crippen molar-refractivity contribution in [3.05, 3.63) is 26.4 Å². The van der Waals surface area contributed by atoms with Crippen LogP contribution >= 0.6 is 0 Å². The molecule has 8 heteroatoms. The number of nitrogens with zero attached hydrogens (tertiary/aromatic N) is 1. The fourth-order valence-electron chi connectivity index (χ4n) is 3.03. The standard InChI is InChI=1S/C16H23N3O5/c1-2-7-19-14(17)13(15(22)18-16(19)23)11(20)9-24-12(21)8-10-5-3-4-6-10/h10H,2-9,17H2,1H3,(H,18,22,23). The Morgan fingerprint density at radius 2 is 1.96 bits per heavy atom. The molecule has 24 heavy (non-hydrogen) atoms. The third-order valence-corrected chi connectivity index (χ3v) is 4.26. The molecule has 1 fully saturated rings. The van der Waals surface area contributed by atoms with Crippen LogP contribution in [0.2, 0.25) is 0 Å². The summed E-state index contributed by atoms with van der Waals surface area (Å²) in [5.74, 6) is -1.04. The molecule has 1 heterocycles. The highest BCUT2D eigenvalue weighted by molar-refractivity contribution is 6.01. The second-order valence-corrected chi connectivity index (χ2v) is 6.11. The van der Waals surface area contributed by atoms with E-state index in [1.807, 2.05) is 6.92 Å². The lowest BCUT2D eigenvalue weighted by atomic mass is 10.0. The van der Waals surface area contributed by atoms with Crippen molar-refractivity contribution < 1.29 is 14.3 Å². The predicted molar refractivity (Wildman–Crippen MR) is 87.9 cm³/mol. The van der Waals surface area contributed by atoms with E-state index < -0.39 is 29.6 Å². The number of aromatic nitrogens is 2. The Labute approximate surface area is 139 Å². The predicted octanol–water partition coefficient (Wildman–Crippen LogP) is 0.835. The van der Waals surface area contributed by atoms with Crippen LogP contribution in [0.15, 0.2) is 9.59 Å². The van der Waals surface area contributed by atoms with Gasteiger partial charge in [0.15, 0.2) is 6.61 Å². The first-order valence-electron chi connectivity index (χ1n) is 8.25. The van der Waals surface area contributed by atoms with E-state index in [0.717, 1.165) is 30.3 Å². The second kappa shape index (κ2) is 7.94. The average molecular weight is 337 g/mol. The quantitative estimate of drug-likeness (QED) is 0.561. The first-order valence-corrected chi connectivity index (χ1v) is 8.25. The first-order chi connectivity index (χ1) is 11.4. The monoisotopic (exact) mass is 337 g/mol. The van der Waals surface area contributed by atoms with E-state index in [1.165, 1.54) is 0 Å². The molecular weight excluding hydrogens is 314 g/mol. The van der Waals surface area contributed by atoms with Gasteiger partial charge in [0.2, 0.25) is 5.78 Å². The van der Waals surface area contributed by atoms with Crippen LogP contribution in [-0.2, 0) is 16.1 Å². The number of rotatable bonds is 7. The maximum absolute atomic E-state index is 12.2. The van der Waals surface area contributed by atoms with E-state index in [-0.39, 0.29) is 24.3 Å². The van der Waals surface area contributed by atoms with Crippen LogP contribution in [0, 0.1) is 5.92 Å².